The number of pyridine rings is 1. The molecule has 0 saturated heterocycles. The van der Waals surface area contributed by atoms with E-state index in [1.807, 2.05) is 35.0 Å². The average Bonchev–Trinajstić information content (AvgIpc) is 2.83. The number of hydrogen-bond donors (Lipinski definition) is 0. The van der Waals surface area contributed by atoms with Crippen LogP contribution in [0.1, 0.15) is 5.56 Å². The number of methoxy groups -OCH3 is 1. The summed E-state index contributed by atoms with van der Waals surface area (Å²) in [5.41, 5.74) is 2.95. The second-order valence-corrected chi connectivity index (χ2v) is 3.96. The minimum atomic E-state index is 0.685. The van der Waals surface area contributed by atoms with Gasteiger partial charge in [-0.2, -0.15) is 0 Å². The van der Waals surface area contributed by atoms with Crippen LogP contribution in [0.2, 0.25) is 0 Å². The van der Waals surface area contributed by atoms with Crippen LogP contribution in [0.15, 0.2) is 42.7 Å². The summed E-state index contributed by atoms with van der Waals surface area (Å²) in [6.07, 6.45) is 3.46. The van der Waals surface area contributed by atoms with E-state index in [1.165, 1.54) is 0 Å². The van der Waals surface area contributed by atoms with Crippen molar-refractivity contribution in [1.82, 2.24) is 20.0 Å². The zero-order chi connectivity index (χ0) is 12.4. The molecule has 0 bridgehead atoms. The Bertz CT molecular complexity index is 660. The van der Waals surface area contributed by atoms with Gasteiger partial charge >= 0.3 is 0 Å². The van der Waals surface area contributed by atoms with E-state index in [0.29, 0.717) is 6.54 Å². The maximum atomic E-state index is 5.13. The summed E-state index contributed by atoms with van der Waals surface area (Å²) >= 11 is 0. The molecule has 0 aliphatic rings. The summed E-state index contributed by atoms with van der Waals surface area (Å²) in [4.78, 5) is 4.02. The van der Waals surface area contributed by atoms with Crippen LogP contribution < -0.4 is 4.74 Å². The SMILES string of the molecule is COc1ccc(Cn2nnc3cnccc32)cc1. The van der Waals surface area contributed by atoms with E-state index in [2.05, 4.69) is 15.3 Å². The Hall–Kier alpha value is -2.43. The molecule has 3 rings (SSSR count). The topological polar surface area (TPSA) is 52.8 Å². The van der Waals surface area contributed by atoms with E-state index >= 15 is 0 Å². The van der Waals surface area contributed by atoms with Gasteiger partial charge in [-0.1, -0.05) is 17.3 Å². The molecule has 0 radical (unpaired) electrons. The Kier molecular flexibility index (Phi) is 2.64. The van der Waals surface area contributed by atoms with Crippen LogP contribution in [0.25, 0.3) is 11.0 Å². The molecule has 0 saturated carbocycles. The molecule has 0 aliphatic carbocycles. The van der Waals surface area contributed by atoms with Gasteiger partial charge in [-0.05, 0) is 23.8 Å². The van der Waals surface area contributed by atoms with Crippen molar-refractivity contribution in [2.24, 2.45) is 0 Å². The fourth-order valence-electron chi connectivity index (χ4n) is 1.85. The van der Waals surface area contributed by atoms with Gasteiger partial charge in [0.2, 0.25) is 0 Å². The van der Waals surface area contributed by atoms with E-state index in [4.69, 9.17) is 4.74 Å². The summed E-state index contributed by atoms with van der Waals surface area (Å²) < 4.78 is 6.99. The Labute approximate surface area is 104 Å². The van der Waals surface area contributed by atoms with Gasteiger partial charge < -0.3 is 4.74 Å². The molecule has 0 atom stereocenters. The standard InChI is InChI=1S/C13H12N4O/c1-18-11-4-2-10(3-5-11)9-17-13-6-7-14-8-12(13)15-16-17/h2-8H,9H2,1H3. The van der Waals surface area contributed by atoms with Crippen LogP contribution in [0.3, 0.4) is 0 Å². The van der Waals surface area contributed by atoms with Gasteiger partial charge in [0.15, 0.2) is 0 Å². The summed E-state index contributed by atoms with van der Waals surface area (Å²) in [5, 5.41) is 8.20. The second-order valence-electron chi connectivity index (χ2n) is 3.96. The first-order valence-corrected chi connectivity index (χ1v) is 5.63. The third-order valence-corrected chi connectivity index (χ3v) is 2.81. The van der Waals surface area contributed by atoms with Gasteiger partial charge in [-0.3, -0.25) is 4.98 Å². The quantitative estimate of drug-likeness (QED) is 0.701. The molecule has 3 aromatic rings. The molecular formula is C13H12N4O. The lowest BCUT2D eigenvalue weighted by atomic mass is 10.2. The second kappa shape index (κ2) is 4.44. The highest BCUT2D eigenvalue weighted by Crippen LogP contribution is 2.14. The fraction of sp³-hybridized carbons (Fsp3) is 0.154. The molecule has 0 spiro atoms. The highest BCUT2D eigenvalue weighted by Gasteiger charge is 2.04. The molecule has 1 aromatic carbocycles. The van der Waals surface area contributed by atoms with E-state index in [9.17, 15) is 0 Å². The van der Waals surface area contributed by atoms with Crippen molar-refractivity contribution < 1.29 is 4.74 Å². The van der Waals surface area contributed by atoms with Crippen molar-refractivity contribution >= 4 is 11.0 Å². The molecule has 0 amide bonds. The van der Waals surface area contributed by atoms with Crippen molar-refractivity contribution in [3.05, 3.63) is 48.3 Å². The predicted octanol–water partition coefficient (Wildman–Crippen LogP) is 1.88. The molecule has 90 valence electrons. The monoisotopic (exact) mass is 240 g/mol. The minimum Gasteiger partial charge on any atom is -0.497 e. The number of aromatic nitrogens is 4. The highest BCUT2D eigenvalue weighted by atomic mass is 16.5. The molecule has 0 aliphatic heterocycles. The first-order valence-electron chi connectivity index (χ1n) is 5.63. The molecule has 0 fully saturated rings. The number of hydrogen-bond acceptors (Lipinski definition) is 4. The number of nitrogens with zero attached hydrogens (tertiary/aromatic N) is 4. The van der Waals surface area contributed by atoms with Crippen molar-refractivity contribution in [2.45, 2.75) is 6.54 Å². The van der Waals surface area contributed by atoms with Crippen LogP contribution >= 0.6 is 0 Å². The summed E-state index contributed by atoms with van der Waals surface area (Å²) in [6.45, 7) is 0.685. The lowest BCUT2D eigenvalue weighted by molar-refractivity contribution is 0.414. The molecule has 5 heteroatoms. The van der Waals surface area contributed by atoms with Crippen LogP contribution in [-0.2, 0) is 6.54 Å². The summed E-state index contributed by atoms with van der Waals surface area (Å²) in [7, 11) is 1.66. The van der Waals surface area contributed by atoms with E-state index in [0.717, 1.165) is 22.3 Å². The molecule has 2 aromatic heterocycles. The lowest BCUT2D eigenvalue weighted by Gasteiger charge is -2.04. The Morgan fingerprint density at radius 2 is 2.00 bits per heavy atom. The van der Waals surface area contributed by atoms with Gasteiger partial charge in [0.1, 0.15) is 11.3 Å². The normalized spacial score (nSPS) is 10.7. The molecule has 2 heterocycles. The number of ether oxygens (including phenoxy) is 1. The third-order valence-electron chi connectivity index (χ3n) is 2.81. The predicted molar refractivity (Wildman–Crippen MR) is 67.4 cm³/mol. The Morgan fingerprint density at radius 3 is 2.78 bits per heavy atom. The van der Waals surface area contributed by atoms with Crippen LogP contribution in [0, 0.1) is 0 Å². The van der Waals surface area contributed by atoms with Crippen LogP contribution in [0.4, 0.5) is 0 Å². The fourth-order valence-corrected chi connectivity index (χ4v) is 1.85. The van der Waals surface area contributed by atoms with E-state index < -0.39 is 0 Å². The van der Waals surface area contributed by atoms with Gasteiger partial charge in [0, 0.05) is 6.20 Å². The van der Waals surface area contributed by atoms with Gasteiger partial charge in [-0.25, -0.2) is 4.68 Å². The summed E-state index contributed by atoms with van der Waals surface area (Å²) in [6, 6.07) is 9.84. The zero-order valence-corrected chi connectivity index (χ0v) is 9.95. The minimum absolute atomic E-state index is 0.685. The van der Waals surface area contributed by atoms with Crippen LogP contribution in [-0.4, -0.2) is 27.1 Å². The van der Waals surface area contributed by atoms with Gasteiger partial charge in [0.25, 0.3) is 0 Å². The number of rotatable bonds is 3. The molecule has 0 N–H and O–H groups in total. The average molecular weight is 240 g/mol. The van der Waals surface area contributed by atoms with Gasteiger partial charge in [-0.15, -0.1) is 5.10 Å². The van der Waals surface area contributed by atoms with Crippen molar-refractivity contribution in [3.63, 3.8) is 0 Å². The number of fused-ring (bicyclic) bond motifs is 1. The molecule has 0 unspecified atom stereocenters. The first kappa shape index (κ1) is 10.7. The Balaban J connectivity index is 1.91. The van der Waals surface area contributed by atoms with E-state index in [-0.39, 0.29) is 0 Å². The summed E-state index contributed by atoms with van der Waals surface area (Å²) in [5.74, 6) is 0.853. The largest absolute Gasteiger partial charge is 0.497 e. The Morgan fingerprint density at radius 1 is 1.17 bits per heavy atom. The molecule has 5 nitrogen and oxygen atoms in total. The maximum absolute atomic E-state index is 5.13. The maximum Gasteiger partial charge on any atom is 0.131 e. The van der Waals surface area contributed by atoms with Crippen LogP contribution in [0.5, 0.6) is 5.75 Å². The smallest absolute Gasteiger partial charge is 0.131 e. The lowest BCUT2D eigenvalue weighted by Crippen LogP contribution is -2.01. The van der Waals surface area contributed by atoms with Crippen molar-refractivity contribution in [1.29, 1.82) is 0 Å². The first-order chi connectivity index (χ1) is 8.86. The number of benzene rings is 1. The van der Waals surface area contributed by atoms with Crippen molar-refractivity contribution in [2.75, 3.05) is 7.11 Å². The van der Waals surface area contributed by atoms with Gasteiger partial charge in [0.05, 0.1) is 25.4 Å². The van der Waals surface area contributed by atoms with Crippen molar-refractivity contribution in [3.8, 4) is 5.75 Å². The zero-order valence-electron chi connectivity index (χ0n) is 9.95. The molecular weight excluding hydrogens is 228 g/mol. The van der Waals surface area contributed by atoms with E-state index in [1.54, 1.807) is 19.5 Å². The third kappa shape index (κ3) is 1.90. The highest BCUT2D eigenvalue weighted by molar-refractivity contribution is 5.72. The molecule has 18 heavy (non-hydrogen) atoms.